The fourth-order valence-electron chi connectivity index (χ4n) is 1.07. The summed E-state index contributed by atoms with van der Waals surface area (Å²) in [5.74, 6) is 0. The second-order valence-electron chi connectivity index (χ2n) is 3.09. The third-order valence-electron chi connectivity index (χ3n) is 1.74. The molecule has 0 spiro atoms. The van der Waals surface area contributed by atoms with Crippen LogP contribution in [0.4, 0.5) is 18.0 Å². The molecule has 0 rings (SSSR count). The van der Waals surface area contributed by atoms with Gasteiger partial charge >= 0.3 is 11.5 Å². The van der Waals surface area contributed by atoms with Gasteiger partial charge in [0.2, 0.25) is 0 Å². The number of allylic oxidation sites excluding steroid dienone is 2. The van der Waals surface area contributed by atoms with E-state index < -0.39 is 18.1 Å². The van der Waals surface area contributed by atoms with Crippen LogP contribution in [-0.4, -0.2) is 29.5 Å². The fourth-order valence-corrected chi connectivity index (χ4v) is 1.19. The molecule has 0 radical (unpaired) electrons. The van der Waals surface area contributed by atoms with Gasteiger partial charge in [0.15, 0.2) is 0 Å². The van der Waals surface area contributed by atoms with E-state index in [1.54, 1.807) is 32.1 Å². The van der Waals surface area contributed by atoms with Gasteiger partial charge in [0.1, 0.15) is 6.54 Å². The lowest BCUT2D eigenvalue weighted by Gasteiger charge is -2.21. The number of rotatable bonds is 4. The Hall–Kier alpha value is -0.970. The van der Waals surface area contributed by atoms with Crippen molar-refractivity contribution in [2.24, 2.45) is 0 Å². The second-order valence-corrected chi connectivity index (χ2v) is 3.41. The fraction of sp³-hybridized carbons (Fsp3) is 0.500. The predicted octanol–water partition coefficient (Wildman–Crippen LogP) is 3.73. The highest BCUT2D eigenvalue weighted by Gasteiger charge is 2.32. The average molecular weight is 256 g/mol. The van der Waals surface area contributed by atoms with Gasteiger partial charge in [-0.15, -0.1) is 0 Å². The lowest BCUT2D eigenvalue weighted by atomic mass is 10.2. The van der Waals surface area contributed by atoms with Crippen LogP contribution in [0.5, 0.6) is 0 Å². The van der Waals surface area contributed by atoms with E-state index >= 15 is 0 Å². The maximum atomic E-state index is 12.1. The van der Waals surface area contributed by atoms with Gasteiger partial charge in [0, 0.05) is 6.54 Å². The van der Waals surface area contributed by atoms with Gasteiger partial charge in [0.05, 0.1) is 0 Å². The molecule has 1 amide bonds. The quantitative estimate of drug-likeness (QED) is 0.426. The highest BCUT2D eigenvalue weighted by atomic mass is 35.5. The zero-order valence-electron chi connectivity index (χ0n) is 9.01. The van der Waals surface area contributed by atoms with E-state index in [-0.39, 0.29) is 6.54 Å². The molecule has 0 aliphatic heterocycles. The summed E-state index contributed by atoms with van der Waals surface area (Å²) in [5, 5.41) is -1.11. The van der Waals surface area contributed by atoms with Crippen molar-refractivity contribution in [1.29, 1.82) is 0 Å². The Bertz CT molecular complexity index is 297. The largest absolute Gasteiger partial charge is 0.406 e. The molecule has 0 aromatic carbocycles. The summed E-state index contributed by atoms with van der Waals surface area (Å²) in [7, 11) is 0. The molecular weight excluding hydrogens is 243 g/mol. The molecule has 0 unspecified atom stereocenters. The smallest absolute Gasteiger partial charge is 0.316 e. The van der Waals surface area contributed by atoms with Crippen molar-refractivity contribution in [3.8, 4) is 0 Å². The molecule has 16 heavy (non-hydrogen) atoms. The number of carbonyl (C=O) groups is 1. The van der Waals surface area contributed by atoms with Crippen LogP contribution < -0.4 is 0 Å². The summed E-state index contributed by atoms with van der Waals surface area (Å²) in [6.07, 6.45) is 0.492. The summed E-state index contributed by atoms with van der Waals surface area (Å²) in [5.41, 5.74) is 0.598. The van der Waals surface area contributed by atoms with Gasteiger partial charge in [-0.3, -0.25) is 4.79 Å². The molecular formula is C10H13ClF3NO. The van der Waals surface area contributed by atoms with Crippen molar-refractivity contribution in [2.75, 3.05) is 13.1 Å². The molecule has 0 aromatic heterocycles. The molecule has 0 bridgehead atoms. The summed E-state index contributed by atoms with van der Waals surface area (Å²) in [6.45, 7) is 1.92. The molecule has 0 aromatic rings. The van der Waals surface area contributed by atoms with Crippen molar-refractivity contribution >= 4 is 17.0 Å². The zero-order valence-corrected chi connectivity index (χ0v) is 9.77. The maximum absolute atomic E-state index is 12.1. The number of amides is 1. The van der Waals surface area contributed by atoms with Crippen LogP contribution in [0.15, 0.2) is 23.8 Å². The van der Waals surface area contributed by atoms with Gasteiger partial charge in [-0.05, 0) is 31.0 Å². The number of halogens is 4. The number of hydrogen-bond donors (Lipinski definition) is 0. The van der Waals surface area contributed by atoms with Crippen LogP contribution in [0.25, 0.3) is 0 Å². The first-order chi connectivity index (χ1) is 7.30. The van der Waals surface area contributed by atoms with E-state index in [0.29, 0.717) is 10.5 Å². The summed E-state index contributed by atoms with van der Waals surface area (Å²) < 4.78 is 36.3. The summed E-state index contributed by atoms with van der Waals surface area (Å²) >= 11 is 5.09. The number of alkyl halides is 3. The Kier molecular flexibility index (Phi) is 6.18. The lowest BCUT2D eigenvalue weighted by Crippen LogP contribution is -2.37. The van der Waals surface area contributed by atoms with E-state index in [2.05, 4.69) is 0 Å². The Labute approximate surface area is 97.4 Å². The van der Waals surface area contributed by atoms with Crippen LogP contribution >= 0.6 is 11.6 Å². The normalized spacial score (nSPS) is 13.2. The molecule has 0 saturated carbocycles. The van der Waals surface area contributed by atoms with E-state index in [1.807, 2.05) is 0 Å². The summed E-state index contributed by atoms with van der Waals surface area (Å²) in [6, 6.07) is 0. The first-order valence-corrected chi connectivity index (χ1v) is 4.97. The van der Waals surface area contributed by atoms with Gasteiger partial charge in [0.25, 0.3) is 0 Å². The van der Waals surface area contributed by atoms with E-state index in [9.17, 15) is 18.0 Å². The molecule has 0 aliphatic rings. The topological polar surface area (TPSA) is 20.3 Å². The lowest BCUT2D eigenvalue weighted by molar-refractivity contribution is -0.138. The zero-order chi connectivity index (χ0) is 12.8. The molecule has 0 saturated heterocycles. The van der Waals surface area contributed by atoms with Crippen molar-refractivity contribution in [1.82, 2.24) is 4.90 Å². The third-order valence-corrected chi connectivity index (χ3v) is 1.98. The first kappa shape index (κ1) is 15.0. The second kappa shape index (κ2) is 6.58. The molecule has 0 atom stereocenters. The Morgan fingerprint density at radius 3 is 2.25 bits per heavy atom. The number of carbonyl (C=O) groups excluding carboxylic acids is 1. The standard InChI is InChI=1S/C10H13ClF3NO/c1-3-5-8(4-2)6-15(9(11)16)7-10(12,13)14/h3-5H,6-7H2,1-2H3/b5-3-,8-4+. The molecule has 6 heteroatoms. The van der Waals surface area contributed by atoms with Crippen LogP contribution in [0.1, 0.15) is 13.8 Å². The molecule has 92 valence electrons. The third kappa shape index (κ3) is 6.50. The van der Waals surface area contributed by atoms with Crippen molar-refractivity contribution in [3.63, 3.8) is 0 Å². The minimum absolute atomic E-state index is 0.150. The number of hydrogen-bond acceptors (Lipinski definition) is 1. The molecule has 0 fully saturated rings. The van der Waals surface area contributed by atoms with Crippen LogP contribution in [0, 0.1) is 0 Å². The molecule has 0 heterocycles. The van der Waals surface area contributed by atoms with Gasteiger partial charge < -0.3 is 4.90 Å². The SMILES string of the molecule is C/C=C\C(=C/C)CN(CC(F)(F)F)C(=O)Cl. The summed E-state index contributed by atoms with van der Waals surface area (Å²) in [4.78, 5) is 11.4. The molecule has 0 N–H and O–H groups in total. The van der Waals surface area contributed by atoms with Gasteiger partial charge in [-0.2, -0.15) is 13.2 Å². The van der Waals surface area contributed by atoms with Crippen LogP contribution in [0.2, 0.25) is 0 Å². The van der Waals surface area contributed by atoms with Gasteiger partial charge in [-0.25, -0.2) is 0 Å². The predicted molar refractivity (Wildman–Crippen MR) is 57.4 cm³/mol. The molecule has 0 aliphatic carbocycles. The number of nitrogens with zero attached hydrogens (tertiary/aromatic N) is 1. The average Bonchev–Trinajstić information content (AvgIpc) is 2.13. The van der Waals surface area contributed by atoms with E-state index in [4.69, 9.17) is 11.6 Å². The maximum Gasteiger partial charge on any atom is 0.406 e. The first-order valence-electron chi connectivity index (χ1n) is 4.59. The van der Waals surface area contributed by atoms with E-state index in [1.165, 1.54) is 0 Å². The van der Waals surface area contributed by atoms with Crippen LogP contribution in [-0.2, 0) is 0 Å². The Morgan fingerprint density at radius 1 is 1.38 bits per heavy atom. The van der Waals surface area contributed by atoms with E-state index in [0.717, 1.165) is 0 Å². The van der Waals surface area contributed by atoms with Crippen molar-refractivity contribution in [2.45, 2.75) is 20.0 Å². The van der Waals surface area contributed by atoms with Crippen LogP contribution in [0.3, 0.4) is 0 Å². The van der Waals surface area contributed by atoms with Crippen molar-refractivity contribution < 1.29 is 18.0 Å². The monoisotopic (exact) mass is 255 g/mol. The Balaban J connectivity index is 4.63. The minimum atomic E-state index is -4.45. The minimum Gasteiger partial charge on any atom is -0.316 e. The Morgan fingerprint density at radius 2 is 1.94 bits per heavy atom. The highest BCUT2D eigenvalue weighted by molar-refractivity contribution is 6.62. The van der Waals surface area contributed by atoms with Crippen molar-refractivity contribution in [3.05, 3.63) is 23.8 Å². The molecule has 2 nitrogen and oxygen atoms in total. The van der Waals surface area contributed by atoms with Gasteiger partial charge in [-0.1, -0.05) is 18.2 Å². The highest BCUT2D eigenvalue weighted by Crippen LogP contribution is 2.18.